The van der Waals surface area contributed by atoms with E-state index in [9.17, 15) is 4.79 Å². The molecule has 1 aromatic heterocycles. The lowest BCUT2D eigenvalue weighted by Crippen LogP contribution is -2.25. The Hall–Kier alpha value is -2.04. The fourth-order valence-corrected chi connectivity index (χ4v) is 1.56. The van der Waals surface area contributed by atoms with E-state index in [0.717, 1.165) is 19.5 Å². The third kappa shape index (κ3) is 3.48. The summed E-state index contributed by atoms with van der Waals surface area (Å²) in [5, 5.41) is 9.04. The smallest absolute Gasteiger partial charge is 0.336 e. The summed E-state index contributed by atoms with van der Waals surface area (Å²) in [6.07, 6.45) is 2.63. The molecule has 5 heteroatoms. The van der Waals surface area contributed by atoms with Gasteiger partial charge in [0.25, 0.3) is 0 Å². The molecule has 0 aromatic carbocycles. The van der Waals surface area contributed by atoms with Gasteiger partial charge in [0.2, 0.25) is 5.88 Å². The van der Waals surface area contributed by atoms with Crippen LogP contribution in [0.15, 0.2) is 24.8 Å². The van der Waals surface area contributed by atoms with Crippen LogP contribution < -0.4 is 9.64 Å². The topological polar surface area (TPSA) is 62.7 Å². The predicted octanol–water partition coefficient (Wildman–Crippen LogP) is 2.19. The minimum absolute atomic E-state index is 0.175. The molecule has 1 aromatic rings. The number of nitrogens with zero attached hydrogens (tertiary/aromatic N) is 2. The maximum absolute atomic E-state index is 11.0. The molecule has 0 radical (unpaired) electrons. The summed E-state index contributed by atoms with van der Waals surface area (Å²) >= 11 is 0. The Labute approximate surface area is 107 Å². The summed E-state index contributed by atoms with van der Waals surface area (Å²) in [6.45, 7) is 7.16. The molecule has 0 saturated heterocycles. The number of anilines is 1. The summed E-state index contributed by atoms with van der Waals surface area (Å²) in [4.78, 5) is 17.3. The van der Waals surface area contributed by atoms with Gasteiger partial charge in [-0.2, -0.15) is 4.98 Å². The zero-order valence-electron chi connectivity index (χ0n) is 10.7. The number of ether oxygens (including phenoxy) is 1. The molecule has 0 aliphatic carbocycles. The third-order valence-corrected chi connectivity index (χ3v) is 2.55. The minimum atomic E-state index is -0.989. The number of hydrogen-bond donors (Lipinski definition) is 1. The zero-order valence-corrected chi connectivity index (χ0v) is 10.7. The van der Waals surface area contributed by atoms with Crippen molar-refractivity contribution in [3.05, 3.63) is 30.4 Å². The van der Waals surface area contributed by atoms with E-state index in [1.54, 1.807) is 6.07 Å². The second kappa shape index (κ2) is 6.64. The van der Waals surface area contributed by atoms with Gasteiger partial charge in [0.05, 0.1) is 12.7 Å². The fourth-order valence-electron chi connectivity index (χ4n) is 1.56. The maximum Gasteiger partial charge on any atom is 0.336 e. The lowest BCUT2D eigenvalue weighted by atomic mass is 10.2. The molecule has 0 unspecified atom stereocenters. The Morgan fingerprint density at radius 1 is 1.61 bits per heavy atom. The summed E-state index contributed by atoms with van der Waals surface area (Å²) in [5.41, 5.74) is 0.175. The van der Waals surface area contributed by atoms with Crippen molar-refractivity contribution in [2.24, 2.45) is 0 Å². The van der Waals surface area contributed by atoms with E-state index in [1.165, 1.54) is 13.2 Å². The lowest BCUT2D eigenvalue weighted by Gasteiger charge is -2.22. The average molecular weight is 250 g/mol. The van der Waals surface area contributed by atoms with Gasteiger partial charge in [-0.15, -0.1) is 6.58 Å². The van der Waals surface area contributed by atoms with Gasteiger partial charge in [0.1, 0.15) is 5.82 Å². The second-order valence-electron chi connectivity index (χ2n) is 3.72. The van der Waals surface area contributed by atoms with E-state index >= 15 is 0 Å². The SMILES string of the molecule is C=CCCN(CC)c1cc(C(=O)O)cc(OC)n1. The van der Waals surface area contributed by atoms with Gasteiger partial charge in [0.15, 0.2) is 0 Å². The maximum atomic E-state index is 11.0. The number of hydrogen-bond acceptors (Lipinski definition) is 4. The van der Waals surface area contributed by atoms with Gasteiger partial charge in [-0.05, 0) is 19.4 Å². The monoisotopic (exact) mass is 250 g/mol. The van der Waals surface area contributed by atoms with Crippen molar-refractivity contribution in [2.75, 3.05) is 25.1 Å². The highest BCUT2D eigenvalue weighted by molar-refractivity contribution is 5.88. The van der Waals surface area contributed by atoms with E-state index in [2.05, 4.69) is 11.6 Å². The zero-order chi connectivity index (χ0) is 13.5. The first kappa shape index (κ1) is 14.0. The molecular formula is C13H18N2O3. The number of carbonyl (C=O) groups is 1. The number of carboxylic acids is 1. The third-order valence-electron chi connectivity index (χ3n) is 2.55. The van der Waals surface area contributed by atoms with Crippen LogP contribution in [0.5, 0.6) is 5.88 Å². The van der Waals surface area contributed by atoms with E-state index < -0.39 is 5.97 Å². The quantitative estimate of drug-likeness (QED) is 0.751. The number of methoxy groups -OCH3 is 1. The predicted molar refractivity (Wildman–Crippen MR) is 70.4 cm³/mol. The molecule has 0 aliphatic rings. The molecule has 5 nitrogen and oxygen atoms in total. The van der Waals surface area contributed by atoms with Gasteiger partial charge >= 0.3 is 5.97 Å². The molecule has 0 saturated carbocycles. The average Bonchev–Trinajstić information content (AvgIpc) is 2.39. The van der Waals surface area contributed by atoms with Crippen molar-refractivity contribution in [1.82, 2.24) is 4.98 Å². The fraction of sp³-hybridized carbons (Fsp3) is 0.385. The molecule has 0 bridgehead atoms. The molecule has 1 heterocycles. The van der Waals surface area contributed by atoms with Gasteiger partial charge < -0.3 is 14.7 Å². The molecule has 0 fully saturated rings. The van der Waals surface area contributed by atoms with Crippen LogP contribution in [0.2, 0.25) is 0 Å². The van der Waals surface area contributed by atoms with Crippen LogP contribution in [0.4, 0.5) is 5.82 Å². The summed E-state index contributed by atoms with van der Waals surface area (Å²) in [7, 11) is 1.47. The molecule has 18 heavy (non-hydrogen) atoms. The normalized spacial score (nSPS) is 9.89. The molecule has 0 amide bonds. The Kier molecular flexibility index (Phi) is 5.17. The molecular weight excluding hydrogens is 232 g/mol. The highest BCUT2D eigenvalue weighted by atomic mass is 16.5. The van der Waals surface area contributed by atoms with Gasteiger partial charge in [-0.3, -0.25) is 0 Å². The van der Waals surface area contributed by atoms with Crippen LogP contribution in [0, 0.1) is 0 Å². The standard InChI is InChI=1S/C13H18N2O3/c1-4-6-7-15(5-2)11-8-10(13(16)17)9-12(14-11)18-3/h4,8-9H,1,5-7H2,2-3H3,(H,16,17). The van der Waals surface area contributed by atoms with Crippen LogP contribution in [-0.2, 0) is 0 Å². The van der Waals surface area contributed by atoms with E-state index in [-0.39, 0.29) is 5.56 Å². The number of pyridine rings is 1. The first-order valence-corrected chi connectivity index (χ1v) is 5.77. The van der Waals surface area contributed by atoms with Gasteiger partial charge in [-0.1, -0.05) is 6.08 Å². The van der Waals surface area contributed by atoms with E-state index in [0.29, 0.717) is 11.7 Å². The molecule has 98 valence electrons. The molecule has 1 rings (SSSR count). The molecule has 0 aliphatic heterocycles. The number of aromatic carboxylic acids is 1. The number of carboxylic acid groups (broad SMARTS) is 1. The lowest BCUT2D eigenvalue weighted by molar-refractivity contribution is 0.0696. The van der Waals surface area contributed by atoms with E-state index in [1.807, 2.05) is 17.9 Å². The Morgan fingerprint density at radius 3 is 2.83 bits per heavy atom. The van der Waals surface area contributed by atoms with Crippen LogP contribution >= 0.6 is 0 Å². The van der Waals surface area contributed by atoms with Crippen LogP contribution in [0.1, 0.15) is 23.7 Å². The first-order chi connectivity index (χ1) is 8.62. The Bertz CT molecular complexity index is 432. The van der Waals surface area contributed by atoms with Crippen molar-refractivity contribution < 1.29 is 14.6 Å². The van der Waals surface area contributed by atoms with Crippen LogP contribution in [0.25, 0.3) is 0 Å². The summed E-state index contributed by atoms with van der Waals surface area (Å²) in [6, 6.07) is 2.96. The van der Waals surface area contributed by atoms with Gasteiger partial charge in [-0.25, -0.2) is 4.79 Å². The molecule has 0 spiro atoms. The second-order valence-corrected chi connectivity index (χ2v) is 3.72. The van der Waals surface area contributed by atoms with Crippen molar-refractivity contribution in [3.63, 3.8) is 0 Å². The first-order valence-electron chi connectivity index (χ1n) is 5.77. The van der Waals surface area contributed by atoms with Crippen molar-refractivity contribution in [1.29, 1.82) is 0 Å². The molecule has 0 atom stereocenters. The summed E-state index contributed by atoms with van der Waals surface area (Å²) in [5.74, 6) is -0.0743. The Morgan fingerprint density at radius 2 is 2.33 bits per heavy atom. The minimum Gasteiger partial charge on any atom is -0.481 e. The van der Waals surface area contributed by atoms with E-state index in [4.69, 9.17) is 9.84 Å². The Balaban J connectivity index is 3.08. The number of aromatic nitrogens is 1. The largest absolute Gasteiger partial charge is 0.481 e. The highest BCUT2D eigenvalue weighted by Gasteiger charge is 2.12. The molecule has 1 N–H and O–H groups in total. The van der Waals surface area contributed by atoms with Crippen molar-refractivity contribution in [2.45, 2.75) is 13.3 Å². The van der Waals surface area contributed by atoms with Crippen molar-refractivity contribution in [3.8, 4) is 5.88 Å². The van der Waals surface area contributed by atoms with Crippen LogP contribution in [-0.4, -0.2) is 36.3 Å². The highest BCUT2D eigenvalue weighted by Crippen LogP contribution is 2.19. The number of rotatable bonds is 7. The van der Waals surface area contributed by atoms with Gasteiger partial charge in [0, 0.05) is 19.2 Å². The van der Waals surface area contributed by atoms with Crippen LogP contribution in [0.3, 0.4) is 0 Å². The van der Waals surface area contributed by atoms with Crippen molar-refractivity contribution >= 4 is 11.8 Å². The summed E-state index contributed by atoms with van der Waals surface area (Å²) < 4.78 is 5.02.